The van der Waals surface area contributed by atoms with Gasteiger partial charge in [-0.15, -0.1) is 0 Å². The van der Waals surface area contributed by atoms with Crippen molar-refractivity contribution in [2.45, 2.75) is 24.8 Å². The zero-order valence-electron chi connectivity index (χ0n) is 10.3. The predicted molar refractivity (Wildman–Crippen MR) is 65.9 cm³/mol. The maximum absolute atomic E-state index is 12.1. The standard InChI is InChI=1S/C13H17N3O2/c1-2-11(17)16-6-3-10-12(15-9-14-10)13(16)4-7-18-8-5-13/h2,9H,1,3-8H2,(H,14,15). The number of rotatable bonds is 1. The third-order valence-electron chi connectivity index (χ3n) is 4.02. The molecule has 0 atom stereocenters. The average molecular weight is 247 g/mol. The molecule has 1 amide bonds. The van der Waals surface area contributed by atoms with Crippen molar-refractivity contribution in [2.75, 3.05) is 19.8 Å². The second-order valence-electron chi connectivity index (χ2n) is 4.82. The number of imidazole rings is 1. The number of carbonyl (C=O) groups excluding carboxylic acids is 1. The van der Waals surface area contributed by atoms with Crippen molar-refractivity contribution in [1.29, 1.82) is 0 Å². The second kappa shape index (κ2) is 4.24. The highest BCUT2D eigenvalue weighted by atomic mass is 16.5. The van der Waals surface area contributed by atoms with E-state index in [0.717, 1.165) is 37.2 Å². The molecule has 1 N–H and O–H groups in total. The SMILES string of the molecule is C=CC(=O)N1CCc2[nH]cnc2C12CCOCC2. The van der Waals surface area contributed by atoms with Gasteiger partial charge in [0, 0.05) is 31.9 Å². The van der Waals surface area contributed by atoms with E-state index in [1.807, 2.05) is 4.90 Å². The van der Waals surface area contributed by atoms with Gasteiger partial charge in [0.25, 0.3) is 0 Å². The molecule has 5 nitrogen and oxygen atoms in total. The molecule has 2 aliphatic rings. The number of H-pyrrole nitrogens is 1. The maximum atomic E-state index is 12.1. The lowest BCUT2D eigenvalue weighted by atomic mass is 9.80. The van der Waals surface area contributed by atoms with Gasteiger partial charge in [-0.1, -0.05) is 6.58 Å². The smallest absolute Gasteiger partial charge is 0.246 e. The minimum atomic E-state index is -0.295. The Bertz CT molecular complexity index is 474. The van der Waals surface area contributed by atoms with Crippen LogP contribution in [-0.2, 0) is 21.5 Å². The van der Waals surface area contributed by atoms with E-state index in [0.29, 0.717) is 13.2 Å². The quantitative estimate of drug-likeness (QED) is 0.753. The van der Waals surface area contributed by atoms with Gasteiger partial charge in [0.15, 0.2) is 0 Å². The van der Waals surface area contributed by atoms with Gasteiger partial charge in [-0.3, -0.25) is 4.79 Å². The molecule has 18 heavy (non-hydrogen) atoms. The van der Waals surface area contributed by atoms with Crippen LogP contribution >= 0.6 is 0 Å². The Hall–Kier alpha value is -1.62. The molecular weight excluding hydrogens is 230 g/mol. The van der Waals surface area contributed by atoms with Crippen LogP contribution in [0.4, 0.5) is 0 Å². The third kappa shape index (κ3) is 1.50. The number of nitrogens with zero attached hydrogens (tertiary/aromatic N) is 2. The Labute approximate surface area is 106 Å². The number of ether oxygens (including phenoxy) is 1. The molecule has 1 aromatic rings. The molecule has 1 spiro atoms. The van der Waals surface area contributed by atoms with Crippen LogP contribution in [0.25, 0.3) is 0 Å². The Morgan fingerprint density at radius 1 is 1.56 bits per heavy atom. The monoisotopic (exact) mass is 247 g/mol. The zero-order valence-corrected chi connectivity index (χ0v) is 10.3. The number of aromatic amines is 1. The topological polar surface area (TPSA) is 58.2 Å². The largest absolute Gasteiger partial charge is 0.381 e. The van der Waals surface area contributed by atoms with Crippen molar-refractivity contribution >= 4 is 5.91 Å². The van der Waals surface area contributed by atoms with E-state index in [1.165, 1.54) is 6.08 Å². The predicted octanol–water partition coefficient (Wildman–Crippen LogP) is 0.986. The number of nitrogens with one attached hydrogen (secondary N) is 1. The Morgan fingerprint density at radius 3 is 3.06 bits per heavy atom. The first-order chi connectivity index (χ1) is 8.78. The number of carbonyl (C=O) groups is 1. The highest BCUT2D eigenvalue weighted by molar-refractivity contribution is 5.88. The summed E-state index contributed by atoms with van der Waals surface area (Å²) in [7, 11) is 0. The molecule has 3 rings (SSSR count). The van der Waals surface area contributed by atoms with Gasteiger partial charge in [0.2, 0.25) is 5.91 Å². The molecule has 1 fully saturated rings. The van der Waals surface area contributed by atoms with Crippen LogP contribution in [-0.4, -0.2) is 40.5 Å². The molecule has 1 saturated heterocycles. The third-order valence-corrected chi connectivity index (χ3v) is 4.02. The molecule has 2 aliphatic heterocycles. The molecular formula is C13H17N3O2. The molecule has 0 radical (unpaired) electrons. The lowest BCUT2D eigenvalue weighted by Gasteiger charge is -2.47. The van der Waals surface area contributed by atoms with E-state index in [-0.39, 0.29) is 11.4 Å². The van der Waals surface area contributed by atoms with Crippen LogP contribution in [0.5, 0.6) is 0 Å². The Morgan fingerprint density at radius 2 is 2.33 bits per heavy atom. The summed E-state index contributed by atoms with van der Waals surface area (Å²) in [5, 5.41) is 0. The summed E-state index contributed by atoms with van der Waals surface area (Å²) < 4.78 is 5.45. The lowest BCUT2D eigenvalue weighted by molar-refractivity contribution is -0.138. The fourth-order valence-corrected chi connectivity index (χ4v) is 3.13. The summed E-state index contributed by atoms with van der Waals surface area (Å²) in [5.41, 5.74) is 1.88. The van der Waals surface area contributed by atoms with E-state index < -0.39 is 0 Å². The number of aromatic nitrogens is 2. The van der Waals surface area contributed by atoms with E-state index in [1.54, 1.807) is 6.33 Å². The molecule has 3 heterocycles. The lowest BCUT2D eigenvalue weighted by Crippen LogP contribution is -2.55. The minimum absolute atomic E-state index is 0.00875. The molecule has 0 saturated carbocycles. The van der Waals surface area contributed by atoms with Crippen molar-refractivity contribution in [2.24, 2.45) is 0 Å². The van der Waals surface area contributed by atoms with Gasteiger partial charge in [-0.25, -0.2) is 4.98 Å². The van der Waals surface area contributed by atoms with E-state index in [4.69, 9.17) is 4.74 Å². The first kappa shape index (κ1) is 11.5. The number of hydrogen-bond acceptors (Lipinski definition) is 3. The molecule has 96 valence electrons. The zero-order chi connectivity index (χ0) is 12.6. The van der Waals surface area contributed by atoms with Crippen molar-refractivity contribution in [3.63, 3.8) is 0 Å². The fraction of sp³-hybridized carbons (Fsp3) is 0.538. The highest BCUT2D eigenvalue weighted by Gasteiger charge is 2.47. The summed E-state index contributed by atoms with van der Waals surface area (Å²) in [6.45, 7) is 5.68. The van der Waals surface area contributed by atoms with Crippen molar-refractivity contribution < 1.29 is 9.53 Å². The highest BCUT2D eigenvalue weighted by Crippen LogP contribution is 2.41. The van der Waals surface area contributed by atoms with Gasteiger partial charge >= 0.3 is 0 Å². The summed E-state index contributed by atoms with van der Waals surface area (Å²) >= 11 is 0. The molecule has 0 bridgehead atoms. The van der Waals surface area contributed by atoms with E-state index in [2.05, 4.69) is 16.5 Å². The van der Waals surface area contributed by atoms with Crippen molar-refractivity contribution in [1.82, 2.24) is 14.9 Å². The van der Waals surface area contributed by atoms with Gasteiger partial charge < -0.3 is 14.6 Å². The molecule has 1 aromatic heterocycles. The van der Waals surface area contributed by atoms with Gasteiger partial charge in [0.05, 0.1) is 17.6 Å². The Kier molecular flexibility index (Phi) is 2.70. The summed E-state index contributed by atoms with van der Waals surface area (Å²) in [5.74, 6) is -0.00875. The summed E-state index contributed by atoms with van der Waals surface area (Å²) in [6.07, 6.45) is 5.57. The fourth-order valence-electron chi connectivity index (χ4n) is 3.13. The number of amides is 1. The first-order valence-electron chi connectivity index (χ1n) is 6.32. The summed E-state index contributed by atoms with van der Waals surface area (Å²) in [6, 6.07) is 0. The number of hydrogen-bond donors (Lipinski definition) is 1. The summed E-state index contributed by atoms with van der Waals surface area (Å²) in [4.78, 5) is 21.7. The normalized spacial score (nSPS) is 21.7. The van der Waals surface area contributed by atoms with Crippen molar-refractivity contribution in [3.05, 3.63) is 30.4 Å². The average Bonchev–Trinajstić information content (AvgIpc) is 2.89. The first-order valence-corrected chi connectivity index (χ1v) is 6.32. The van der Waals surface area contributed by atoms with E-state index in [9.17, 15) is 4.79 Å². The number of fused-ring (bicyclic) bond motifs is 2. The van der Waals surface area contributed by atoms with Crippen LogP contribution in [0.15, 0.2) is 19.0 Å². The van der Waals surface area contributed by atoms with E-state index >= 15 is 0 Å². The molecule has 0 aliphatic carbocycles. The van der Waals surface area contributed by atoms with Crippen LogP contribution in [0.2, 0.25) is 0 Å². The van der Waals surface area contributed by atoms with Crippen molar-refractivity contribution in [3.8, 4) is 0 Å². The molecule has 0 aromatic carbocycles. The van der Waals surface area contributed by atoms with Gasteiger partial charge in [0.1, 0.15) is 0 Å². The second-order valence-corrected chi connectivity index (χ2v) is 4.82. The van der Waals surface area contributed by atoms with Gasteiger partial charge in [-0.2, -0.15) is 0 Å². The van der Waals surface area contributed by atoms with Crippen LogP contribution < -0.4 is 0 Å². The van der Waals surface area contributed by atoms with Crippen LogP contribution in [0, 0.1) is 0 Å². The molecule has 0 unspecified atom stereocenters. The Balaban J connectivity index is 2.07. The van der Waals surface area contributed by atoms with Crippen LogP contribution in [0.1, 0.15) is 24.2 Å². The maximum Gasteiger partial charge on any atom is 0.246 e. The van der Waals surface area contributed by atoms with Crippen LogP contribution in [0.3, 0.4) is 0 Å². The van der Waals surface area contributed by atoms with Gasteiger partial charge in [-0.05, 0) is 18.9 Å². The minimum Gasteiger partial charge on any atom is -0.381 e. The molecule has 5 heteroatoms.